The van der Waals surface area contributed by atoms with E-state index in [-0.39, 0.29) is 18.4 Å². The third-order valence-corrected chi connectivity index (χ3v) is 5.91. The fraction of sp³-hybridized carbons (Fsp3) is 0.600. The van der Waals surface area contributed by atoms with Gasteiger partial charge in [-0.15, -0.1) is 0 Å². The third-order valence-electron chi connectivity index (χ3n) is 4.55. The lowest BCUT2D eigenvalue weighted by Gasteiger charge is -2.22. The van der Waals surface area contributed by atoms with Crippen molar-refractivity contribution in [3.8, 4) is 5.75 Å². The average Bonchev–Trinajstić information content (AvgIpc) is 3.00. The van der Waals surface area contributed by atoms with Crippen LogP contribution in [0.4, 0.5) is 5.69 Å². The number of anilines is 1. The van der Waals surface area contributed by atoms with E-state index in [1.165, 1.54) is 12.8 Å². The Kier molecular flexibility index (Phi) is 4.08. The molecule has 2 aliphatic carbocycles. The standard InChI is InChI=1S/C15H22N2O3S/c16-13-2-1-3-14(10-13)20-6-7-21(18,19)17-15-9-11-4-5-12(15)8-11/h1-3,10-12,15,17H,4-9,16H2. The molecule has 21 heavy (non-hydrogen) atoms. The lowest BCUT2D eigenvalue weighted by molar-refractivity contribution is 0.338. The molecular formula is C15H22N2O3S. The number of benzene rings is 1. The van der Waals surface area contributed by atoms with Crippen molar-refractivity contribution >= 4 is 15.7 Å². The molecule has 3 N–H and O–H groups in total. The van der Waals surface area contributed by atoms with Gasteiger partial charge in [-0.2, -0.15) is 0 Å². The summed E-state index contributed by atoms with van der Waals surface area (Å²) in [7, 11) is -3.27. The van der Waals surface area contributed by atoms with E-state index in [2.05, 4.69) is 4.72 Å². The fourth-order valence-corrected chi connectivity index (χ4v) is 4.72. The third kappa shape index (κ3) is 3.68. The van der Waals surface area contributed by atoms with Crippen LogP contribution in [-0.4, -0.2) is 26.8 Å². The van der Waals surface area contributed by atoms with Crippen LogP contribution >= 0.6 is 0 Å². The Labute approximate surface area is 125 Å². The predicted octanol–water partition coefficient (Wildman–Crippen LogP) is 1.76. The number of hydrogen-bond acceptors (Lipinski definition) is 4. The molecule has 0 spiro atoms. The summed E-state index contributed by atoms with van der Waals surface area (Å²) in [6, 6.07) is 7.15. The monoisotopic (exact) mass is 310 g/mol. The van der Waals surface area contributed by atoms with Gasteiger partial charge in [-0.25, -0.2) is 13.1 Å². The van der Waals surface area contributed by atoms with Gasteiger partial charge in [0.15, 0.2) is 0 Å². The zero-order chi connectivity index (χ0) is 14.9. The van der Waals surface area contributed by atoms with Gasteiger partial charge < -0.3 is 10.5 Å². The molecule has 1 aromatic rings. The van der Waals surface area contributed by atoms with Crippen molar-refractivity contribution in [1.82, 2.24) is 4.72 Å². The summed E-state index contributed by atoms with van der Waals surface area (Å²) < 4.78 is 32.5. The summed E-state index contributed by atoms with van der Waals surface area (Å²) >= 11 is 0. The van der Waals surface area contributed by atoms with Crippen LogP contribution in [0.15, 0.2) is 24.3 Å². The van der Waals surface area contributed by atoms with Crippen molar-refractivity contribution in [2.24, 2.45) is 11.8 Å². The summed E-state index contributed by atoms with van der Waals surface area (Å²) in [5.41, 5.74) is 6.26. The van der Waals surface area contributed by atoms with Gasteiger partial charge in [0.05, 0.1) is 5.75 Å². The Morgan fingerprint density at radius 3 is 2.81 bits per heavy atom. The van der Waals surface area contributed by atoms with Gasteiger partial charge in [0.1, 0.15) is 12.4 Å². The fourth-order valence-electron chi connectivity index (χ4n) is 3.55. The number of ether oxygens (including phenoxy) is 1. The van der Waals surface area contributed by atoms with Crippen LogP contribution in [0.5, 0.6) is 5.75 Å². The summed E-state index contributed by atoms with van der Waals surface area (Å²) in [6.45, 7) is 0.138. The molecule has 0 aliphatic heterocycles. The molecule has 0 heterocycles. The zero-order valence-electron chi connectivity index (χ0n) is 12.0. The van der Waals surface area contributed by atoms with Gasteiger partial charge in [-0.05, 0) is 43.2 Å². The van der Waals surface area contributed by atoms with E-state index in [4.69, 9.17) is 10.5 Å². The molecule has 3 atom stereocenters. The maximum absolute atomic E-state index is 12.1. The molecule has 5 nitrogen and oxygen atoms in total. The van der Waals surface area contributed by atoms with Crippen molar-refractivity contribution in [3.05, 3.63) is 24.3 Å². The number of sulfonamides is 1. The van der Waals surface area contributed by atoms with Crippen molar-refractivity contribution in [3.63, 3.8) is 0 Å². The highest BCUT2D eigenvalue weighted by molar-refractivity contribution is 7.89. The van der Waals surface area contributed by atoms with Crippen LogP contribution in [0.25, 0.3) is 0 Å². The normalized spacial score (nSPS) is 27.9. The minimum absolute atomic E-state index is 0.0182. The van der Waals surface area contributed by atoms with Crippen LogP contribution < -0.4 is 15.2 Å². The predicted molar refractivity (Wildman–Crippen MR) is 82.5 cm³/mol. The van der Waals surface area contributed by atoms with E-state index in [0.29, 0.717) is 17.4 Å². The first-order chi connectivity index (χ1) is 10.0. The quantitative estimate of drug-likeness (QED) is 0.784. The topological polar surface area (TPSA) is 81.4 Å². The maximum atomic E-state index is 12.1. The molecule has 0 amide bonds. The highest BCUT2D eigenvalue weighted by Crippen LogP contribution is 2.44. The number of nitrogens with one attached hydrogen (secondary N) is 1. The number of nitrogens with two attached hydrogens (primary N) is 1. The minimum atomic E-state index is -3.27. The van der Waals surface area contributed by atoms with Crippen molar-refractivity contribution in [2.45, 2.75) is 31.7 Å². The molecule has 2 bridgehead atoms. The van der Waals surface area contributed by atoms with Crippen LogP contribution in [-0.2, 0) is 10.0 Å². The first-order valence-corrected chi connectivity index (χ1v) is 9.15. The smallest absolute Gasteiger partial charge is 0.215 e. The molecule has 6 heteroatoms. The van der Waals surface area contributed by atoms with Gasteiger partial charge in [-0.1, -0.05) is 12.5 Å². The van der Waals surface area contributed by atoms with Crippen LogP contribution in [0.1, 0.15) is 25.7 Å². The molecule has 0 aromatic heterocycles. The minimum Gasteiger partial charge on any atom is -0.492 e. The van der Waals surface area contributed by atoms with E-state index < -0.39 is 10.0 Å². The van der Waals surface area contributed by atoms with Gasteiger partial charge in [-0.3, -0.25) is 0 Å². The molecule has 3 rings (SSSR count). The number of nitrogen functional groups attached to an aromatic ring is 1. The molecule has 1 aromatic carbocycles. The summed E-state index contributed by atoms with van der Waals surface area (Å²) in [5.74, 6) is 1.85. The molecule has 3 unspecified atom stereocenters. The SMILES string of the molecule is Nc1cccc(OCCS(=O)(=O)NC2CC3CCC2C3)c1. The van der Waals surface area contributed by atoms with Gasteiger partial charge in [0.2, 0.25) is 10.0 Å². The van der Waals surface area contributed by atoms with Crippen LogP contribution in [0.3, 0.4) is 0 Å². The van der Waals surface area contributed by atoms with E-state index in [1.54, 1.807) is 24.3 Å². The molecule has 116 valence electrons. The van der Waals surface area contributed by atoms with Gasteiger partial charge in [0.25, 0.3) is 0 Å². The number of hydrogen-bond donors (Lipinski definition) is 2. The lowest BCUT2D eigenvalue weighted by atomic mass is 9.96. The number of fused-ring (bicyclic) bond motifs is 2. The van der Waals surface area contributed by atoms with Crippen molar-refractivity contribution in [2.75, 3.05) is 18.1 Å². The summed E-state index contributed by atoms with van der Waals surface area (Å²) in [6.07, 6.45) is 4.62. The van der Waals surface area contributed by atoms with Gasteiger partial charge >= 0.3 is 0 Å². The molecule has 0 radical (unpaired) electrons. The summed E-state index contributed by atoms with van der Waals surface area (Å²) in [5, 5.41) is 0. The lowest BCUT2D eigenvalue weighted by Crippen LogP contribution is -2.40. The second kappa shape index (κ2) is 5.85. The van der Waals surface area contributed by atoms with Gasteiger partial charge in [0, 0.05) is 17.8 Å². The van der Waals surface area contributed by atoms with E-state index >= 15 is 0 Å². The first kappa shape index (κ1) is 14.7. The van der Waals surface area contributed by atoms with Crippen molar-refractivity contribution < 1.29 is 13.2 Å². The zero-order valence-corrected chi connectivity index (χ0v) is 12.8. The Bertz CT molecular complexity index is 603. The molecule has 2 fully saturated rings. The largest absolute Gasteiger partial charge is 0.492 e. The molecule has 2 saturated carbocycles. The Hall–Kier alpha value is -1.27. The van der Waals surface area contributed by atoms with E-state index in [1.807, 2.05) is 0 Å². The average molecular weight is 310 g/mol. The second-order valence-electron chi connectivity index (χ2n) is 6.14. The highest BCUT2D eigenvalue weighted by atomic mass is 32.2. The Morgan fingerprint density at radius 2 is 2.14 bits per heavy atom. The second-order valence-corrected chi connectivity index (χ2v) is 8.01. The Balaban J connectivity index is 1.48. The Morgan fingerprint density at radius 1 is 1.29 bits per heavy atom. The molecule has 2 aliphatic rings. The van der Waals surface area contributed by atoms with Crippen LogP contribution in [0.2, 0.25) is 0 Å². The number of rotatable bonds is 6. The molecule has 0 saturated heterocycles. The molecular weight excluding hydrogens is 288 g/mol. The van der Waals surface area contributed by atoms with Crippen molar-refractivity contribution in [1.29, 1.82) is 0 Å². The maximum Gasteiger partial charge on any atom is 0.215 e. The highest BCUT2D eigenvalue weighted by Gasteiger charge is 2.40. The van der Waals surface area contributed by atoms with E-state index in [0.717, 1.165) is 18.8 Å². The first-order valence-electron chi connectivity index (χ1n) is 7.50. The summed E-state index contributed by atoms with van der Waals surface area (Å²) in [4.78, 5) is 0. The van der Waals surface area contributed by atoms with E-state index in [9.17, 15) is 8.42 Å². The van der Waals surface area contributed by atoms with Crippen LogP contribution in [0, 0.1) is 11.8 Å².